The number of aryl methyl sites for hydroxylation is 1. The largest absolute Gasteiger partial charge is 0.443 e. The van der Waals surface area contributed by atoms with Crippen LogP contribution in [0.15, 0.2) is 24.3 Å². The van der Waals surface area contributed by atoms with E-state index in [0.29, 0.717) is 46.9 Å². The fourth-order valence-corrected chi connectivity index (χ4v) is 6.24. The molecule has 210 valence electrons. The van der Waals surface area contributed by atoms with Gasteiger partial charge in [0.2, 0.25) is 0 Å². The summed E-state index contributed by atoms with van der Waals surface area (Å²) in [5, 5.41) is 11.3. The number of hydrogen-bond acceptors (Lipinski definition) is 8. The minimum atomic E-state index is -0.542. The van der Waals surface area contributed by atoms with E-state index in [0.717, 1.165) is 30.8 Å². The Hall–Kier alpha value is -4.02. The molecular formula is C29H36N8O3. The molecule has 11 heteroatoms. The van der Waals surface area contributed by atoms with E-state index in [9.17, 15) is 9.59 Å². The summed E-state index contributed by atoms with van der Waals surface area (Å²) in [6.45, 7) is 5.50. The van der Waals surface area contributed by atoms with Gasteiger partial charge >= 0.3 is 6.09 Å². The third kappa shape index (κ3) is 4.67. The second-order valence-corrected chi connectivity index (χ2v) is 11.7. The summed E-state index contributed by atoms with van der Waals surface area (Å²) in [6, 6.07) is 7.50. The highest BCUT2D eigenvalue weighted by Crippen LogP contribution is 2.37. The predicted octanol–water partition coefficient (Wildman–Crippen LogP) is 4.06. The first-order chi connectivity index (χ1) is 19.2. The molecule has 2 amide bonds. The predicted molar refractivity (Wildman–Crippen MR) is 150 cm³/mol. The highest BCUT2D eigenvalue weighted by molar-refractivity contribution is 6.10. The Balaban J connectivity index is 1.32. The van der Waals surface area contributed by atoms with Crippen LogP contribution in [-0.4, -0.2) is 57.4 Å². The van der Waals surface area contributed by atoms with Crippen molar-refractivity contribution in [2.75, 3.05) is 30.4 Å². The van der Waals surface area contributed by atoms with Gasteiger partial charge in [0.1, 0.15) is 29.8 Å². The molecule has 0 atom stereocenters. The molecule has 3 aliphatic rings. The van der Waals surface area contributed by atoms with Crippen LogP contribution in [0.2, 0.25) is 0 Å². The van der Waals surface area contributed by atoms with Gasteiger partial charge < -0.3 is 19.5 Å². The van der Waals surface area contributed by atoms with Gasteiger partial charge in [-0.1, -0.05) is 18.9 Å². The van der Waals surface area contributed by atoms with Gasteiger partial charge in [-0.2, -0.15) is 0 Å². The SMILES string of the molecule is CNC(=O)OCc1nc(N(C)CC2CCCC2)cc2c1CN(c1cccc(-c3nnc4n3C(C)(C)CC4)n1)C2=O. The summed E-state index contributed by atoms with van der Waals surface area (Å²) in [7, 11) is 3.53. The molecule has 0 unspecified atom stereocenters. The molecule has 11 nitrogen and oxygen atoms in total. The van der Waals surface area contributed by atoms with E-state index in [1.165, 1.54) is 32.7 Å². The summed E-state index contributed by atoms with van der Waals surface area (Å²) in [6.07, 6.45) is 6.28. The number of alkyl carbamates (subject to hydrolysis) is 1. The van der Waals surface area contributed by atoms with Gasteiger partial charge in [0, 0.05) is 38.2 Å². The number of anilines is 2. The first-order valence-corrected chi connectivity index (χ1v) is 14.1. The lowest BCUT2D eigenvalue weighted by Gasteiger charge is -2.23. The van der Waals surface area contributed by atoms with Gasteiger partial charge in [0.15, 0.2) is 5.82 Å². The second kappa shape index (κ2) is 10.2. The van der Waals surface area contributed by atoms with E-state index in [1.54, 1.807) is 4.90 Å². The third-order valence-electron chi connectivity index (χ3n) is 8.47. The van der Waals surface area contributed by atoms with Gasteiger partial charge in [-0.3, -0.25) is 9.69 Å². The molecule has 0 spiro atoms. The Kier molecular flexibility index (Phi) is 6.67. The van der Waals surface area contributed by atoms with Crippen molar-refractivity contribution in [2.45, 2.75) is 71.1 Å². The molecule has 6 rings (SSSR count). The van der Waals surface area contributed by atoms with Crippen LogP contribution in [0.3, 0.4) is 0 Å². The zero-order valence-electron chi connectivity index (χ0n) is 23.6. The van der Waals surface area contributed by atoms with Crippen LogP contribution in [0.1, 0.15) is 73.4 Å². The molecule has 1 fully saturated rings. The third-order valence-corrected chi connectivity index (χ3v) is 8.47. The number of nitrogens with zero attached hydrogens (tertiary/aromatic N) is 7. The average molecular weight is 545 g/mol. The quantitative estimate of drug-likeness (QED) is 0.473. The molecule has 40 heavy (non-hydrogen) atoms. The van der Waals surface area contributed by atoms with E-state index in [4.69, 9.17) is 14.7 Å². The minimum absolute atomic E-state index is 0.0251. The number of hydrogen-bond donors (Lipinski definition) is 1. The number of aromatic nitrogens is 5. The zero-order valence-corrected chi connectivity index (χ0v) is 23.6. The van der Waals surface area contributed by atoms with Crippen molar-refractivity contribution < 1.29 is 14.3 Å². The van der Waals surface area contributed by atoms with Crippen LogP contribution >= 0.6 is 0 Å². The van der Waals surface area contributed by atoms with Crippen LogP contribution in [0, 0.1) is 5.92 Å². The number of carbonyl (C=O) groups is 2. The van der Waals surface area contributed by atoms with Gasteiger partial charge in [-0.15, -0.1) is 10.2 Å². The highest BCUT2D eigenvalue weighted by atomic mass is 16.5. The number of pyridine rings is 2. The lowest BCUT2D eigenvalue weighted by atomic mass is 10.0. The van der Waals surface area contributed by atoms with Crippen molar-refractivity contribution in [3.8, 4) is 11.5 Å². The van der Waals surface area contributed by atoms with Crippen LogP contribution in [0.4, 0.5) is 16.4 Å². The Morgan fingerprint density at radius 2 is 2.00 bits per heavy atom. The minimum Gasteiger partial charge on any atom is -0.443 e. The average Bonchev–Trinajstić information content (AvgIpc) is 3.74. The van der Waals surface area contributed by atoms with Crippen molar-refractivity contribution in [1.29, 1.82) is 0 Å². The van der Waals surface area contributed by atoms with Crippen molar-refractivity contribution in [1.82, 2.24) is 30.0 Å². The first kappa shape index (κ1) is 26.2. The van der Waals surface area contributed by atoms with Crippen LogP contribution in [-0.2, 0) is 29.8 Å². The standard InChI is InChI=1S/C29H36N8O3/c1-29(2)13-12-24-33-34-26(37(24)29)21-10-7-11-23(31-21)36-16-20-19(27(36)38)14-25(32-22(20)17-40-28(39)30-3)35(4)15-18-8-5-6-9-18/h7,10-11,14,18H,5-6,8-9,12-13,15-17H2,1-4H3,(H,30,39). The van der Waals surface area contributed by atoms with E-state index in [1.807, 2.05) is 31.3 Å². The summed E-state index contributed by atoms with van der Waals surface area (Å²) >= 11 is 0. The van der Waals surface area contributed by atoms with Gasteiger partial charge in [-0.25, -0.2) is 14.8 Å². The van der Waals surface area contributed by atoms with E-state index >= 15 is 0 Å². The molecule has 5 heterocycles. The van der Waals surface area contributed by atoms with Gasteiger partial charge in [0.25, 0.3) is 5.91 Å². The molecule has 0 saturated heterocycles. The molecule has 2 aliphatic heterocycles. The Bertz CT molecular complexity index is 1460. The van der Waals surface area contributed by atoms with Crippen molar-refractivity contribution in [3.05, 3.63) is 46.9 Å². The van der Waals surface area contributed by atoms with Crippen molar-refractivity contribution in [2.24, 2.45) is 5.92 Å². The van der Waals surface area contributed by atoms with E-state index < -0.39 is 6.09 Å². The molecule has 0 aromatic carbocycles. The summed E-state index contributed by atoms with van der Waals surface area (Å²) in [4.78, 5) is 39.2. The molecule has 1 N–H and O–H groups in total. The molecule has 3 aromatic rings. The van der Waals surface area contributed by atoms with Crippen molar-refractivity contribution in [3.63, 3.8) is 0 Å². The first-order valence-electron chi connectivity index (χ1n) is 14.1. The number of rotatable bonds is 7. The lowest BCUT2D eigenvalue weighted by Crippen LogP contribution is -2.26. The fraction of sp³-hybridized carbons (Fsp3) is 0.517. The molecule has 1 aliphatic carbocycles. The van der Waals surface area contributed by atoms with E-state index in [2.05, 4.69) is 38.8 Å². The van der Waals surface area contributed by atoms with Gasteiger partial charge in [-0.05, 0) is 57.2 Å². The molecule has 0 radical (unpaired) electrons. The number of carbonyl (C=O) groups excluding carboxylic acids is 2. The van der Waals surface area contributed by atoms with Crippen LogP contribution < -0.4 is 15.1 Å². The Morgan fingerprint density at radius 3 is 2.77 bits per heavy atom. The van der Waals surface area contributed by atoms with Crippen LogP contribution in [0.5, 0.6) is 0 Å². The van der Waals surface area contributed by atoms with Crippen LogP contribution in [0.25, 0.3) is 11.5 Å². The Morgan fingerprint density at radius 1 is 1.20 bits per heavy atom. The Labute approximate surface area is 234 Å². The van der Waals surface area contributed by atoms with Gasteiger partial charge in [0.05, 0.1) is 17.8 Å². The maximum atomic E-state index is 13.8. The monoisotopic (exact) mass is 544 g/mol. The zero-order chi connectivity index (χ0) is 28.0. The lowest BCUT2D eigenvalue weighted by molar-refractivity contribution is 0.0996. The topological polar surface area (TPSA) is 118 Å². The summed E-state index contributed by atoms with van der Waals surface area (Å²) < 4.78 is 7.54. The maximum absolute atomic E-state index is 13.8. The normalized spacial score (nSPS) is 17.7. The molecular weight excluding hydrogens is 508 g/mol. The number of fused-ring (bicyclic) bond motifs is 2. The van der Waals surface area contributed by atoms with E-state index in [-0.39, 0.29) is 18.1 Å². The van der Waals surface area contributed by atoms with Crippen molar-refractivity contribution >= 4 is 23.6 Å². The smallest absolute Gasteiger partial charge is 0.407 e. The fourth-order valence-electron chi connectivity index (χ4n) is 6.24. The summed E-state index contributed by atoms with van der Waals surface area (Å²) in [5.74, 6) is 3.38. The maximum Gasteiger partial charge on any atom is 0.407 e. The second-order valence-electron chi connectivity index (χ2n) is 11.7. The summed E-state index contributed by atoms with van der Waals surface area (Å²) in [5.41, 5.74) is 2.48. The molecule has 1 saturated carbocycles. The molecule has 0 bridgehead atoms. The number of ether oxygens (including phenoxy) is 1. The highest BCUT2D eigenvalue weighted by Gasteiger charge is 2.36. The number of nitrogens with one attached hydrogen (secondary N) is 1. The number of amides is 2. The molecule has 3 aromatic heterocycles.